The third-order valence-corrected chi connectivity index (χ3v) is 4.05. The van der Waals surface area contributed by atoms with Gasteiger partial charge in [0, 0.05) is 6.54 Å². The molecule has 0 atom stereocenters. The highest BCUT2D eigenvalue weighted by atomic mass is 79.9. The molecule has 1 N–H and O–H groups in total. The first kappa shape index (κ1) is 15.7. The molecule has 1 heterocycles. The lowest BCUT2D eigenvalue weighted by molar-refractivity contribution is 0.577. The molecule has 0 aromatic carbocycles. The number of rotatable bonds is 9. The third-order valence-electron chi connectivity index (χ3n) is 3.14. The van der Waals surface area contributed by atoms with E-state index in [1.807, 2.05) is 0 Å². The minimum absolute atomic E-state index is 0.960. The first-order valence-corrected chi connectivity index (χ1v) is 7.98. The molecule has 0 aliphatic carbocycles. The monoisotopic (exact) mass is 315 g/mol. The van der Waals surface area contributed by atoms with Crippen LogP contribution in [-0.2, 0) is 19.4 Å². The lowest BCUT2D eigenvalue weighted by atomic mass is 10.1. The summed E-state index contributed by atoms with van der Waals surface area (Å²) in [4.78, 5) is 0. The van der Waals surface area contributed by atoms with Crippen LogP contribution in [-0.4, -0.2) is 22.9 Å². The van der Waals surface area contributed by atoms with Crippen LogP contribution in [0, 0.1) is 0 Å². The Balaban J connectivity index is 2.43. The Labute approximate surface area is 119 Å². The van der Waals surface area contributed by atoms with E-state index in [0.29, 0.717) is 0 Å². The van der Waals surface area contributed by atoms with Gasteiger partial charge in [-0.3, -0.25) is 4.68 Å². The van der Waals surface area contributed by atoms with Crippen LogP contribution in [0.4, 0.5) is 0 Å². The van der Waals surface area contributed by atoms with Crippen LogP contribution in [0.15, 0.2) is 4.47 Å². The van der Waals surface area contributed by atoms with Gasteiger partial charge in [0.05, 0.1) is 15.9 Å². The molecule has 0 aliphatic heterocycles. The molecule has 18 heavy (non-hydrogen) atoms. The fraction of sp³-hybridized carbons (Fsp3) is 0.786. The van der Waals surface area contributed by atoms with Crippen molar-refractivity contribution in [3.05, 3.63) is 15.9 Å². The van der Waals surface area contributed by atoms with Crippen LogP contribution in [0.3, 0.4) is 0 Å². The quantitative estimate of drug-likeness (QED) is 0.706. The van der Waals surface area contributed by atoms with Gasteiger partial charge in [-0.2, -0.15) is 5.10 Å². The lowest BCUT2D eigenvalue weighted by Gasteiger charge is -2.06. The molecule has 1 rings (SSSR count). The minimum atomic E-state index is 0.960. The molecule has 0 unspecified atom stereocenters. The van der Waals surface area contributed by atoms with E-state index in [1.165, 1.54) is 35.1 Å². The Morgan fingerprint density at radius 1 is 1.17 bits per heavy atom. The van der Waals surface area contributed by atoms with Crippen molar-refractivity contribution in [1.29, 1.82) is 0 Å². The highest BCUT2D eigenvalue weighted by molar-refractivity contribution is 9.10. The Hall–Kier alpha value is -0.350. The van der Waals surface area contributed by atoms with E-state index >= 15 is 0 Å². The van der Waals surface area contributed by atoms with Crippen molar-refractivity contribution in [3.63, 3.8) is 0 Å². The van der Waals surface area contributed by atoms with Gasteiger partial charge in [0.25, 0.3) is 0 Å². The van der Waals surface area contributed by atoms with E-state index in [2.05, 4.69) is 51.8 Å². The predicted molar refractivity (Wildman–Crippen MR) is 81.1 cm³/mol. The molecule has 0 fully saturated rings. The second kappa shape index (κ2) is 8.70. The zero-order valence-electron chi connectivity index (χ0n) is 11.9. The molecule has 0 radical (unpaired) electrons. The average molecular weight is 316 g/mol. The van der Waals surface area contributed by atoms with E-state index in [9.17, 15) is 0 Å². The summed E-state index contributed by atoms with van der Waals surface area (Å²) in [6.07, 6.45) is 5.80. The van der Waals surface area contributed by atoms with Gasteiger partial charge in [0.15, 0.2) is 0 Å². The molecule has 0 amide bonds. The molecule has 0 saturated heterocycles. The fourth-order valence-corrected chi connectivity index (χ4v) is 2.86. The Bertz CT molecular complexity index is 347. The van der Waals surface area contributed by atoms with Gasteiger partial charge in [-0.1, -0.05) is 13.8 Å². The second-order valence-electron chi connectivity index (χ2n) is 4.58. The average Bonchev–Trinajstić information content (AvgIpc) is 2.70. The van der Waals surface area contributed by atoms with Crippen molar-refractivity contribution >= 4 is 15.9 Å². The first-order chi connectivity index (χ1) is 8.74. The molecule has 0 aliphatic rings. The highest BCUT2D eigenvalue weighted by Crippen LogP contribution is 2.23. The number of hydrogen-bond acceptors (Lipinski definition) is 2. The molecule has 104 valence electrons. The van der Waals surface area contributed by atoms with Crippen molar-refractivity contribution in [2.24, 2.45) is 0 Å². The smallest absolute Gasteiger partial charge is 0.0766 e. The molecule has 3 nitrogen and oxygen atoms in total. The number of aromatic nitrogens is 2. The van der Waals surface area contributed by atoms with Gasteiger partial charge >= 0.3 is 0 Å². The van der Waals surface area contributed by atoms with Crippen molar-refractivity contribution in [1.82, 2.24) is 15.1 Å². The van der Waals surface area contributed by atoms with Gasteiger partial charge in [0.1, 0.15) is 0 Å². The van der Waals surface area contributed by atoms with E-state index < -0.39 is 0 Å². The summed E-state index contributed by atoms with van der Waals surface area (Å²) in [5.74, 6) is 0. The zero-order chi connectivity index (χ0) is 13.4. The van der Waals surface area contributed by atoms with E-state index in [-0.39, 0.29) is 0 Å². The van der Waals surface area contributed by atoms with Crippen LogP contribution in [0.1, 0.15) is 51.4 Å². The van der Waals surface area contributed by atoms with E-state index in [4.69, 9.17) is 0 Å². The third kappa shape index (κ3) is 4.39. The standard InChI is InChI=1S/C14H26BrN3/c1-4-10-16-11-8-7-9-13-14(15)12(5-2)17-18(13)6-3/h16H,4-11H2,1-3H3. The van der Waals surface area contributed by atoms with Crippen molar-refractivity contribution in [2.45, 2.75) is 59.4 Å². The van der Waals surface area contributed by atoms with Crippen LogP contribution in [0.2, 0.25) is 0 Å². The summed E-state index contributed by atoms with van der Waals surface area (Å²) >= 11 is 3.70. The van der Waals surface area contributed by atoms with Crippen LogP contribution >= 0.6 is 15.9 Å². The summed E-state index contributed by atoms with van der Waals surface area (Å²) in [7, 11) is 0. The summed E-state index contributed by atoms with van der Waals surface area (Å²) in [5.41, 5.74) is 2.56. The molecule has 1 aromatic heterocycles. The highest BCUT2D eigenvalue weighted by Gasteiger charge is 2.12. The molecule has 4 heteroatoms. The summed E-state index contributed by atoms with van der Waals surface area (Å²) in [6.45, 7) is 9.75. The van der Waals surface area contributed by atoms with Gasteiger partial charge in [0.2, 0.25) is 0 Å². The number of hydrogen-bond donors (Lipinski definition) is 1. The molecular formula is C14H26BrN3. The van der Waals surface area contributed by atoms with Crippen LogP contribution in [0.5, 0.6) is 0 Å². The maximum absolute atomic E-state index is 4.63. The van der Waals surface area contributed by atoms with Gasteiger partial charge in [-0.15, -0.1) is 0 Å². The van der Waals surface area contributed by atoms with Gasteiger partial charge < -0.3 is 5.32 Å². The number of unbranched alkanes of at least 4 members (excludes halogenated alkanes) is 1. The predicted octanol–water partition coefficient (Wildman–Crippen LogP) is 3.55. The summed E-state index contributed by atoms with van der Waals surface area (Å²) in [5, 5.41) is 8.08. The molecular weight excluding hydrogens is 290 g/mol. The number of aryl methyl sites for hydroxylation is 2. The molecule has 0 spiro atoms. The Morgan fingerprint density at radius 3 is 2.56 bits per heavy atom. The lowest BCUT2D eigenvalue weighted by Crippen LogP contribution is -2.16. The summed E-state index contributed by atoms with van der Waals surface area (Å²) < 4.78 is 3.37. The maximum Gasteiger partial charge on any atom is 0.0766 e. The Kier molecular flexibility index (Phi) is 7.59. The van der Waals surface area contributed by atoms with E-state index in [1.54, 1.807) is 0 Å². The first-order valence-electron chi connectivity index (χ1n) is 7.19. The molecule has 0 saturated carbocycles. The molecule has 1 aromatic rings. The second-order valence-corrected chi connectivity index (χ2v) is 5.38. The zero-order valence-corrected chi connectivity index (χ0v) is 13.5. The Morgan fingerprint density at radius 2 is 1.94 bits per heavy atom. The summed E-state index contributed by atoms with van der Waals surface area (Å²) in [6, 6.07) is 0. The number of halogens is 1. The molecule has 0 bridgehead atoms. The van der Waals surface area contributed by atoms with Crippen molar-refractivity contribution < 1.29 is 0 Å². The van der Waals surface area contributed by atoms with E-state index in [0.717, 1.165) is 32.5 Å². The number of nitrogens with zero attached hydrogens (tertiary/aromatic N) is 2. The topological polar surface area (TPSA) is 29.9 Å². The maximum atomic E-state index is 4.63. The normalized spacial score (nSPS) is 11.1. The van der Waals surface area contributed by atoms with Crippen molar-refractivity contribution in [2.75, 3.05) is 13.1 Å². The van der Waals surface area contributed by atoms with Gasteiger partial charge in [-0.25, -0.2) is 0 Å². The SMILES string of the molecule is CCCNCCCCc1c(Br)c(CC)nn1CC. The van der Waals surface area contributed by atoms with Crippen LogP contribution < -0.4 is 5.32 Å². The number of nitrogens with one attached hydrogen (secondary N) is 1. The van der Waals surface area contributed by atoms with Crippen LogP contribution in [0.25, 0.3) is 0 Å². The van der Waals surface area contributed by atoms with Gasteiger partial charge in [-0.05, 0) is 68.0 Å². The van der Waals surface area contributed by atoms with Crippen molar-refractivity contribution in [3.8, 4) is 0 Å². The largest absolute Gasteiger partial charge is 0.317 e. The minimum Gasteiger partial charge on any atom is -0.317 e. The fourth-order valence-electron chi connectivity index (χ4n) is 2.10.